The third-order valence-corrected chi connectivity index (χ3v) is 6.18. The van der Waals surface area contributed by atoms with Crippen LogP contribution < -0.4 is 11.1 Å². The number of nitrogens with one attached hydrogen (secondary N) is 1. The van der Waals surface area contributed by atoms with E-state index in [2.05, 4.69) is 15.3 Å². The highest BCUT2D eigenvalue weighted by molar-refractivity contribution is 7.19. The SMILES string of the molecule is CC(=O)Nc1nc2c(s1)-c1c(c(-c3ccc(N)nc3)nn1-c1ccccc1F)CCC2. The zero-order valence-electron chi connectivity index (χ0n) is 16.7. The number of aromatic nitrogens is 4. The molecule has 3 N–H and O–H groups in total. The largest absolute Gasteiger partial charge is 0.384 e. The average molecular weight is 435 g/mol. The maximum atomic E-state index is 14.8. The van der Waals surface area contributed by atoms with Crippen molar-refractivity contribution in [1.82, 2.24) is 19.7 Å². The van der Waals surface area contributed by atoms with Crippen molar-refractivity contribution in [2.24, 2.45) is 0 Å². The predicted octanol–water partition coefficient (Wildman–Crippen LogP) is 4.23. The number of amides is 1. The number of hydrogen-bond acceptors (Lipinski definition) is 6. The van der Waals surface area contributed by atoms with Gasteiger partial charge in [0.25, 0.3) is 0 Å². The van der Waals surface area contributed by atoms with Gasteiger partial charge in [0.05, 0.1) is 22.0 Å². The van der Waals surface area contributed by atoms with Crippen molar-refractivity contribution in [3.8, 4) is 27.5 Å². The first-order valence-electron chi connectivity index (χ1n) is 9.87. The summed E-state index contributed by atoms with van der Waals surface area (Å²) in [5.74, 6) is -0.124. The molecule has 0 unspecified atom stereocenters. The summed E-state index contributed by atoms with van der Waals surface area (Å²) in [6.45, 7) is 1.45. The van der Waals surface area contributed by atoms with Crippen LogP contribution in [0.4, 0.5) is 15.3 Å². The second kappa shape index (κ2) is 7.59. The molecule has 3 aromatic heterocycles. The number of carbonyl (C=O) groups excluding carboxylic acids is 1. The van der Waals surface area contributed by atoms with E-state index in [1.54, 1.807) is 35.1 Å². The van der Waals surface area contributed by atoms with Gasteiger partial charge in [-0.2, -0.15) is 5.10 Å². The standard InChI is InChI=1S/C22H19FN6OS/c1-12(30)26-22-27-16-7-4-5-14-19(13-9-10-18(24)25-11-13)28-29(20(14)21(16)31-22)17-8-3-2-6-15(17)23/h2-3,6,8-11H,4-5,7H2,1H3,(H2,24,25)(H,26,27,30). The van der Waals surface area contributed by atoms with Crippen molar-refractivity contribution in [2.45, 2.75) is 26.2 Å². The van der Waals surface area contributed by atoms with Gasteiger partial charge in [0, 0.05) is 24.2 Å². The minimum absolute atomic E-state index is 0.180. The fourth-order valence-electron chi connectivity index (χ4n) is 3.84. The quantitative estimate of drug-likeness (QED) is 0.503. The number of carbonyl (C=O) groups is 1. The van der Waals surface area contributed by atoms with E-state index < -0.39 is 0 Å². The summed E-state index contributed by atoms with van der Waals surface area (Å²) in [6.07, 6.45) is 4.07. The Morgan fingerprint density at radius 3 is 2.81 bits per heavy atom. The van der Waals surface area contributed by atoms with E-state index in [4.69, 9.17) is 10.8 Å². The van der Waals surface area contributed by atoms with Crippen LogP contribution in [-0.4, -0.2) is 25.7 Å². The molecule has 0 aliphatic heterocycles. The summed E-state index contributed by atoms with van der Waals surface area (Å²) < 4.78 is 16.5. The van der Waals surface area contributed by atoms with Crippen molar-refractivity contribution >= 4 is 28.2 Å². The van der Waals surface area contributed by atoms with Crippen LogP contribution in [0.3, 0.4) is 0 Å². The number of aryl methyl sites for hydroxylation is 1. The molecular weight excluding hydrogens is 415 g/mol. The lowest BCUT2D eigenvalue weighted by Crippen LogP contribution is -2.05. The number of fused-ring (bicyclic) bond motifs is 3. The van der Waals surface area contributed by atoms with Crippen LogP contribution >= 0.6 is 11.3 Å². The monoisotopic (exact) mass is 434 g/mol. The topological polar surface area (TPSA) is 98.7 Å². The molecule has 0 spiro atoms. The highest BCUT2D eigenvalue weighted by Crippen LogP contribution is 2.43. The molecule has 0 bridgehead atoms. The predicted molar refractivity (Wildman–Crippen MR) is 119 cm³/mol. The number of nitrogens with two attached hydrogens (primary N) is 1. The summed E-state index contributed by atoms with van der Waals surface area (Å²) in [5, 5.41) is 8.12. The molecule has 4 aromatic rings. The number of anilines is 2. The smallest absolute Gasteiger partial charge is 0.223 e. The fourth-order valence-corrected chi connectivity index (χ4v) is 4.95. The lowest BCUT2D eigenvalue weighted by Gasteiger charge is -2.08. The molecule has 9 heteroatoms. The maximum Gasteiger partial charge on any atom is 0.223 e. The molecular formula is C22H19FN6OS. The van der Waals surface area contributed by atoms with Crippen molar-refractivity contribution in [2.75, 3.05) is 11.1 Å². The number of hydrogen-bond donors (Lipinski definition) is 2. The molecule has 0 fully saturated rings. The summed E-state index contributed by atoms with van der Waals surface area (Å²) in [5.41, 5.74) is 10.4. The molecule has 0 saturated heterocycles. The van der Waals surface area contributed by atoms with Gasteiger partial charge in [0.2, 0.25) is 5.91 Å². The number of benzene rings is 1. The van der Waals surface area contributed by atoms with E-state index in [-0.39, 0.29) is 11.7 Å². The molecule has 7 nitrogen and oxygen atoms in total. The number of rotatable bonds is 3. The number of pyridine rings is 1. The number of thiazole rings is 1. The number of nitrogen functional groups attached to an aromatic ring is 1. The van der Waals surface area contributed by atoms with Crippen LogP contribution in [0.5, 0.6) is 0 Å². The molecule has 1 aliphatic carbocycles. The van der Waals surface area contributed by atoms with Gasteiger partial charge in [-0.05, 0) is 43.5 Å². The fraction of sp³-hybridized carbons (Fsp3) is 0.182. The zero-order chi connectivity index (χ0) is 21.5. The first-order chi connectivity index (χ1) is 15.0. The van der Waals surface area contributed by atoms with Crippen LogP contribution in [0.15, 0.2) is 42.6 Å². The second-order valence-electron chi connectivity index (χ2n) is 7.34. The van der Waals surface area contributed by atoms with E-state index >= 15 is 0 Å². The van der Waals surface area contributed by atoms with Crippen LogP contribution in [0, 0.1) is 5.82 Å². The number of para-hydroxylation sites is 1. The van der Waals surface area contributed by atoms with E-state index in [0.29, 0.717) is 16.6 Å². The Balaban J connectivity index is 1.78. The minimum atomic E-state index is -0.368. The van der Waals surface area contributed by atoms with Gasteiger partial charge in [-0.25, -0.2) is 19.0 Å². The Hall–Kier alpha value is -3.59. The van der Waals surface area contributed by atoms with Crippen LogP contribution in [-0.2, 0) is 17.6 Å². The third-order valence-electron chi connectivity index (χ3n) is 5.16. The number of halogens is 1. The van der Waals surface area contributed by atoms with E-state index in [1.807, 2.05) is 6.07 Å². The van der Waals surface area contributed by atoms with Gasteiger partial charge in [-0.15, -0.1) is 0 Å². The molecule has 0 atom stereocenters. The molecule has 5 rings (SSSR count). The van der Waals surface area contributed by atoms with Gasteiger partial charge < -0.3 is 11.1 Å². The molecule has 1 aromatic carbocycles. The zero-order valence-corrected chi connectivity index (χ0v) is 17.5. The lowest BCUT2D eigenvalue weighted by atomic mass is 10.0. The number of nitrogens with zero attached hydrogens (tertiary/aromatic N) is 4. The first-order valence-corrected chi connectivity index (χ1v) is 10.7. The Bertz CT molecular complexity index is 1290. The molecule has 0 radical (unpaired) electrons. The van der Waals surface area contributed by atoms with Gasteiger partial charge in [-0.1, -0.05) is 23.5 Å². The normalized spacial score (nSPS) is 12.7. The van der Waals surface area contributed by atoms with E-state index in [0.717, 1.165) is 52.3 Å². The van der Waals surface area contributed by atoms with Crippen molar-refractivity contribution < 1.29 is 9.18 Å². The summed E-state index contributed by atoms with van der Waals surface area (Å²) in [4.78, 5) is 21.3. The minimum Gasteiger partial charge on any atom is -0.384 e. The van der Waals surface area contributed by atoms with Crippen LogP contribution in [0.2, 0.25) is 0 Å². The Morgan fingerprint density at radius 2 is 2.06 bits per heavy atom. The molecule has 31 heavy (non-hydrogen) atoms. The molecule has 0 saturated carbocycles. The molecule has 156 valence electrons. The van der Waals surface area contributed by atoms with Gasteiger partial charge in [0.15, 0.2) is 5.13 Å². The van der Waals surface area contributed by atoms with Gasteiger partial charge in [-0.3, -0.25) is 4.79 Å². The average Bonchev–Trinajstić information content (AvgIpc) is 3.25. The van der Waals surface area contributed by atoms with Crippen molar-refractivity contribution in [3.63, 3.8) is 0 Å². The van der Waals surface area contributed by atoms with Crippen LogP contribution in [0.25, 0.3) is 27.5 Å². The maximum absolute atomic E-state index is 14.8. The first kappa shape index (κ1) is 19.4. The molecule has 3 heterocycles. The van der Waals surface area contributed by atoms with E-state index in [9.17, 15) is 9.18 Å². The van der Waals surface area contributed by atoms with E-state index in [1.165, 1.54) is 24.3 Å². The second-order valence-corrected chi connectivity index (χ2v) is 8.34. The highest BCUT2D eigenvalue weighted by Gasteiger charge is 2.29. The van der Waals surface area contributed by atoms with Gasteiger partial charge in [0.1, 0.15) is 17.3 Å². The van der Waals surface area contributed by atoms with Crippen molar-refractivity contribution in [1.29, 1.82) is 0 Å². The Labute approximate surface area is 181 Å². The highest BCUT2D eigenvalue weighted by atomic mass is 32.1. The molecule has 1 aliphatic rings. The summed E-state index contributed by atoms with van der Waals surface area (Å²) >= 11 is 1.38. The van der Waals surface area contributed by atoms with Crippen LogP contribution in [0.1, 0.15) is 24.6 Å². The summed E-state index contributed by atoms with van der Waals surface area (Å²) in [7, 11) is 0. The lowest BCUT2D eigenvalue weighted by molar-refractivity contribution is -0.114. The Kier molecular flexibility index (Phi) is 4.74. The molecule has 1 amide bonds. The van der Waals surface area contributed by atoms with Gasteiger partial charge >= 0.3 is 0 Å². The summed E-state index contributed by atoms with van der Waals surface area (Å²) in [6, 6.07) is 10.2. The third kappa shape index (κ3) is 3.46. The van der Waals surface area contributed by atoms with Crippen molar-refractivity contribution in [3.05, 3.63) is 59.7 Å². The Morgan fingerprint density at radius 1 is 1.23 bits per heavy atom.